The molecule has 2 atom stereocenters. The van der Waals surface area contributed by atoms with Gasteiger partial charge in [0.15, 0.2) is 0 Å². The topological polar surface area (TPSA) is 41.6 Å². The largest absolute Gasteiger partial charge is 0.379 e. The number of nitrogens with zero attached hydrogens (tertiary/aromatic N) is 1. The van der Waals surface area contributed by atoms with Crippen LogP contribution in [0, 0.1) is 5.82 Å². The van der Waals surface area contributed by atoms with E-state index in [2.05, 4.69) is 17.1 Å². The molecule has 150 valence electrons. The van der Waals surface area contributed by atoms with Crippen LogP contribution in [0.15, 0.2) is 54.6 Å². The zero-order valence-electron chi connectivity index (χ0n) is 16.4. The van der Waals surface area contributed by atoms with Crippen LogP contribution in [-0.2, 0) is 9.53 Å². The summed E-state index contributed by atoms with van der Waals surface area (Å²) in [4.78, 5) is 15.3. The number of carbonyl (C=O) groups is 1. The molecule has 0 aliphatic carbocycles. The number of morpholine rings is 1. The van der Waals surface area contributed by atoms with Gasteiger partial charge in [-0.25, -0.2) is 4.39 Å². The van der Waals surface area contributed by atoms with Gasteiger partial charge in [0, 0.05) is 19.6 Å². The van der Waals surface area contributed by atoms with E-state index in [1.807, 2.05) is 36.4 Å². The van der Waals surface area contributed by atoms with Gasteiger partial charge in [-0.2, -0.15) is 0 Å². The van der Waals surface area contributed by atoms with Gasteiger partial charge in [-0.05, 0) is 29.7 Å². The van der Waals surface area contributed by atoms with E-state index in [1.165, 1.54) is 6.07 Å². The van der Waals surface area contributed by atoms with Gasteiger partial charge >= 0.3 is 0 Å². The number of halogens is 1. The molecule has 1 heterocycles. The Balaban J connectivity index is 1.73. The summed E-state index contributed by atoms with van der Waals surface area (Å²) in [5.41, 5.74) is 1.92. The highest BCUT2D eigenvalue weighted by Crippen LogP contribution is 2.24. The van der Waals surface area contributed by atoms with Crippen LogP contribution in [0.3, 0.4) is 0 Å². The summed E-state index contributed by atoms with van der Waals surface area (Å²) < 4.78 is 19.3. The molecule has 2 aromatic carbocycles. The van der Waals surface area contributed by atoms with E-state index in [4.69, 9.17) is 4.74 Å². The Labute approximate surface area is 166 Å². The Morgan fingerprint density at radius 2 is 1.82 bits per heavy atom. The lowest BCUT2D eigenvalue weighted by atomic mass is 9.93. The molecular weight excluding hydrogens is 355 g/mol. The normalized spacial score (nSPS) is 17.1. The summed E-state index contributed by atoms with van der Waals surface area (Å²) in [5.74, 6) is -0.387. The van der Waals surface area contributed by atoms with Crippen molar-refractivity contribution in [3.63, 3.8) is 0 Å². The standard InChI is InChI=1S/C23H29FN2O2/c1-2-7-21(18-8-4-3-5-9-18)23(27)25-17-22(26-12-14-28-15-13-26)19-10-6-11-20(24)16-19/h3-6,8-11,16,21-22H,2,7,12-15,17H2,1H3,(H,25,27). The second-order valence-corrected chi connectivity index (χ2v) is 7.22. The maximum atomic E-state index is 13.8. The lowest BCUT2D eigenvalue weighted by Crippen LogP contribution is -2.44. The van der Waals surface area contributed by atoms with Crippen molar-refractivity contribution in [3.05, 3.63) is 71.5 Å². The van der Waals surface area contributed by atoms with Crippen LogP contribution in [0.1, 0.15) is 42.9 Å². The number of hydrogen-bond donors (Lipinski definition) is 1. The minimum atomic E-state index is -0.254. The van der Waals surface area contributed by atoms with E-state index in [0.717, 1.165) is 37.1 Å². The molecule has 28 heavy (non-hydrogen) atoms. The Hall–Kier alpha value is -2.24. The number of amides is 1. The van der Waals surface area contributed by atoms with Gasteiger partial charge < -0.3 is 10.1 Å². The number of benzene rings is 2. The monoisotopic (exact) mass is 384 g/mol. The van der Waals surface area contributed by atoms with Gasteiger partial charge in [0.1, 0.15) is 5.82 Å². The predicted molar refractivity (Wildman–Crippen MR) is 109 cm³/mol. The molecule has 0 bridgehead atoms. The maximum Gasteiger partial charge on any atom is 0.227 e. The van der Waals surface area contributed by atoms with Crippen molar-refractivity contribution in [2.45, 2.75) is 31.7 Å². The third kappa shape index (κ3) is 5.40. The van der Waals surface area contributed by atoms with Crippen LogP contribution >= 0.6 is 0 Å². The number of rotatable bonds is 8. The summed E-state index contributed by atoms with van der Waals surface area (Å²) in [6, 6.07) is 16.5. The smallest absolute Gasteiger partial charge is 0.227 e. The summed E-state index contributed by atoms with van der Waals surface area (Å²) in [6.07, 6.45) is 1.74. The molecule has 0 aromatic heterocycles. The third-order valence-corrected chi connectivity index (χ3v) is 5.29. The van der Waals surface area contributed by atoms with E-state index in [1.54, 1.807) is 12.1 Å². The first kappa shape index (κ1) is 20.5. The molecule has 5 heteroatoms. The molecule has 1 fully saturated rings. The van der Waals surface area contributed by atoms with Gasteiger partial charge in [0.25, 0.3) is 0 Å². The van der Waals surface area contributed by atoms with Crippen molar-refractivity contribution >= 4 is 5.91 Å². The average Bonchev–Trinajstić information content (AvgIpc) is 2.73. The second kappa shape index (κ2) is 10.3. The zero-order chi connectivity index (χ0) is 19.8. The van der Waals surface area contributed by atoms with Crippen LogP contribution in [0.5, 0.6) is 0 Å². The molecule has 0 spiro atoms. The molecule has 4 nitrogen and oxygen atoms in total. The highest BCUT2D eigenvalue weighted by atomic mass is 19.1. The van der Waals surface area contributed by atoms with Crippen LogP contribution in [-0.4, -0.2) is 43.7 Å². The van der Waals surface area contributed by atoms with Crippen molar-refractivity contribution in [2.24, 2.45) is 0 Å². The molecule has 3 rings (SSSR count). The molecule has 2 unspecified atom stereocenters. The summed E-state index contributed by atoms with van der Waals surface area (Å²) in [5, 5.41) is 3.14. The number of nitrogens with one attached hydrogen (secondary N) is 1. The minimum Gasteiger partial charge on any atom is -0.379 e. The fourth-order valence-electron chi connectivity index (χ4n) is 3.80. The van der Waals surface area contributed by atoms with Gasteiger partial charge in [0.05, 0.1) is 25.2 Å². The Morgan fingerprint density at radius 3 is 2.50 bits per heavy atom. The fraction of sp³-hybridized carbons (Fsp3) is 0.435. The molecule has 0 radical (unpaired) electrons. The van der Waals surface area contributed by atoms with Gasteiger partial charge in [-0.1, -0.05) is 55.8 Å². The van der Waals surface area contributed by atoms with Crippen LogP contribution < -0.4 is 5.32 Å². The minimum absolute atomic E-state index is 0.0303. The van der Waals surface area contributed by atoms with E-state index in [0.29, 0.717) is 19.8 Å². The summed E-state index contributed by atoms with van der Waals surface area (Å²) >= 11 is 0. The van der Waals surface area contributed by atoms with E-state index >= 15 is 0 Å². The van der Waals surface area contributed by atoms with E-state index in [-0.39, 0.29) is 23.7 Å². The van der Waals surface area contributed by atoms with Crippen LogP contribution in [0.4, 0.5) is 4.39 Å². The Morgan fingerprint density at radius 1 is 1.11 bits per heavy atom. The SMILES string of the molecule is CCCC(C(=O)NCC(c1cccc(F)c1)N1CCOCC1)c1ccccc1. The molecule has 2 aromatic rings. The lowest BCUT2D eigenvalue weighted by molar-refractivity contribution is -0.123. The number of hydrogen-bond acceptors (Lipinski definition) is 3. The molecule has 1 saturated heterocycles. The summed E-state index contributed by atoms with van der Waals surface area (Å²) in [6.45, 7) is 5.40. The molecule has 1 amide bonds. The fourth-order valence-corrected chi connectivity index (χ4v) is 3.80. The van der Waals surface area contributed by atoms with Gasteiger partial charge in [-0.15, -0.1) is 0 Å². The first-order chi connectivity index (χ1) is 13.7. The first-order valence-corrected chi connectivity index (χ1v) is 10.1. The maximum absolute atomic E-state index is 13.8. The van der Waals surface area contributed by atoms with E-state index in [9.17, 15) is 9.18 Å². The van der Waals surface area contributed by atoms with Gasteiger partial charge in [-0.3, -0.25) is 9.69 Å². The highest BCUT2D eigenvalue weighted by molar-refractivity contribution is 5.83. The van der Waals surface area contributed by atoms with Crippen molar-refractivity contribution in [3.8, 4) is 0 Å². The number of ether oxygens (including phenoxy) is 1. The molecule has 1 aliphatic heterocycles. The molecular formula is C23H29FN2O2. The molecule has 0 saturated carbocycles. The Kier molecular flexibility index (Phi) is 7.57. The predicted octanol–water partition coefficient (Wildman–Crippen LogP) is 3.90. The van der Waals surface area contributed by atoms with Crippen LogP contribution in [0.25, 0.3) is 0 Å². The third-order valence-electron chi connectivity index (χ3n) is 5.29. The highest BCUT2D eigenvalue weighted by Gasteiger charge is 2.25. The van der Waals surface area contributed by atoms with Crippen molar-refractivity contribution in [1.82, 2.24) is 10.2 Å². The Bertz CT molecular complexity index is 747. The first-order valence-electron chi connectivity index (χ1n) is 10.1. The zero-order valence-corrected chi connectivity index (χ0v) is 16.4. The molecule has 1 aliphatic rings. The van der Waals surface area contributed by atoms with E-state index < -0.39 is 0 Å². The van der Waals surface area contributed by atoms with Crippen molar-refractivity contribution in [2.75, 3.05) is 32.8 Å². The molecule has 1 N–H and O–H groups in total. The van der Waals surface area contributed by atoms with Crippen molar-refractivity contribution in [1.29, 1.82) is 0 Å². The quantitative estimate of drug-likeness (QED) is 0.751. The number of carbonyl (C=O) groups excluding carboxylic acids is 1. The average molecular weight is 384 g/mol. The summed E-state index contributed by atoms with van der Waals surface area (Å²) in [7, 11) is 0. The van der Waals surface area contributed by atoms with Gasteiger partial charge in [0.2, 0.25) is 5.91 Å². The second-order valence-electron chi connectivity index (χ2n) is 7.22. The van der Waals surface area contributed by atoms with Crippen molar-refractivity contribution < 1.29 is 13.9 Å². The van der Waals surface area contributed by atoms with Crippen LogP contribution in [0.2, 0.25) is 0 Å². The lowest BCUT2D eigenvalue weighted by Gasteiger charge is -2.35.